The third-order valence-corrected chi connectivity index (χ3v) is 10.0. The maximum atomic E-state index is 12.2. The summed E-state index contributed by atoms with van der Waals surface area (Å²) in [5.41, 5.74) is 3.14. The van der Waals surface area contributed by atoms with Gasteiger partial charge >= 0.3 is 11.9 Å². The fraction of sp³-hybridized carbons (Fsp3) is 0.684. The number of methoxy groups -OCH3 is 1. The first kappa shape index (κ1) is 36.0. The van der Waals surface area contributed by atoms with E-state index < -0.39 is 11.9 Å². The van der Waals surface area contributed by atoms with E-state index in [4.69, 9.17) is 19.3 Å². The highest BCUT2D eigenvalue weighted by molar-refractivity contribution is 5.88. The molecule has 0 aromatic heterocycles. The van der Waals surface area contributed by atoms with Gasteiger partial charge in [0, 0.05) is 31.6 Å². The molecule has 2 fully saturated rings. The van der Waals surface area contributed by atoms with Gasteiger partial charge in [0.25, 0.3) is 0 Å². The summed E-state index contributed by atoms with van der Waals surface area (Å²) in [6.45, 7) is 9.85. The van der Waals surface area contributed by atoms with Crippen molar-refractivity contribution in [1.29, 1.82) is 0 Å². The molecule has 2 aliphatic rings. The van der Waals surface area contributed by atoms with Crippen LogP contribution in [0, 0.1) is 23.7 Å². The molecule has 0 bridgehead atoms. The minimum absolute atomic E-state index is 0.105. The summed E-state index contributed by atoms with van der Waals surface area (Å²) < 4.78 is 15.9. The number of rotatable bonds is 19. The average molecular weight is 611 g/mol. The normalized spacial score (nSPS) is 22.6. The predicted molar refractivity (Wildman–Crippen MR) is 176 cm³/mol. The number of hydrogen-bond acceptors (Lipinski definition) is 6. The number of unbranched alkanes of at least 4 members (excludes halogenated alkanes) is 2. The van der Waals surface area contributed by atoms with Crippen LogP contribution in [0.5, 0.6) is 0 Å². The van der Waals surface area contributed by atoms with Crippen LogP contribution in [0.2, 0.25) is 0 Å². The second kappa shape index (κ2) is 19.8. The van der Waals surface area contributed by atoms with Crippen molar-refractivity contribution in [2.24, 2.45) is 23.7 Å². The van der Waals surface area contributed by atoms with E-state index in [0.717, 1.165) is 24.2 Å². The molecule has 6 heteroatoms. The predicted octanol–water partition coefficient (Wildman–Crippen LogP) is 8.12. The number of benzene rings is 1. The standard InChI is InChI=1S/C38H58O6/c1-5-6-7-8-30-11-15-33(16-12-30)35-19-21-36(22-20-35)34-17-13-31(14-18-34)9-10-32(26-43-37(40)28(2)23-24-39)27-44-38(41)29(3)25-42-4/h13-14,17-18,30,32-33,35-36,39H,2-3,5-12,15-16,19-27H2,1,4H3. The van der Waals surface area contributed by atoms with Crippen molar-refractivity contribution in [3.05, 3.63) is 59.7 Å². The quantitative estimate of drug-likeness (QED) is 0.0968. The highest BCUT2D eigenvalue weighted by atomic mass is 16.5. The van der Waals surface area contributed by atoms with Crippen LogP contribution in [0.4, 0.5) is 0 Å². The third kappa shape index (κ3) is 12.2. The van der Waals surface area contributed by atoms with Gasteiger partial charge in [0.1, 0.15) is 0 Å². The number of aryl methyl sites for hydroxylation is 1. The van der Waals surface area contributed by atoms with Gasteiger partial charge in [-0.25, -0.2) is 9.59 Å². The van der Waals surface area contributed by atoms with E-state index in [2.05, 4.69) is 44.3 Å². The lowest BCUT2D eigenvalue weighted by atomic mass is 9.68. The van der Waals surface area contributed by atoms with E-state index in [1.807, 2.05) is 0 Å². The number of ether oxygens (including phenoxy) is 3. The average Bonchev–Trinajstić information content (AvgIpc) is 3.05. The molecule has 3 rings (SSSR count). The molecule has 6 nitrogen and oxygen atoms in total. The summed E-state index contributed by atoms with van der Waals surface area (Å²) in [4.78, 5) is 24.5. The third-order valence-electron chi connectivity index (χ3n) is 10.0. The van der Waals surface area contributed by atoms with Crippen molar-refractivity contribution in [3.63, 3.8) is 0 Å². The summed E-state index contributed by atoms with van der Waals surface area (Å²) in [5, 5.41) is 9.07. The van der Waals surface area contributed by atoms with E-state index in [1.54, 1.807) is 0 Å². The zero-order valence-corrected chi connectivity index (χ0v) is 27.5. The van der Waals surface area contributed by atoms with Gasteiger partial charge in [-0.3, -0.25) is 0 Å². The van der Waals surface area contributed by atoms with Crippen molar-refractivity contribution in [3.8, 4) is 0 Å². The van der Waals surface area contributed by atoms with Crippen molar-refractivity contribution in [1.82, 2.24) is 0 Å². The van der Waals surface area contributed by atoms with Crippen molar-refractivity contribution in [2.45, 2.75) is 109 Å². The monoisotopic (exact) mass is 610 g/mol. The molecule has 1 atom stereocenters. The van der Waals surface area contributed by atoms with E-state index in [0.29, 0.717) is 12.3 Å². The Morgan fingerprint density at radius 2 is 1.45 bits per heavy atom. The summed E-state index contributed by atoms with van der Waals surface area (Å²) >= 11 is 0. The molecule has 1 unspecified atom stereocenters. The molecule has 0 spiro atoms. The molecule has 0 aliphatic heterocycles. The van der Waals surface area contributed by atoms with Gasteiger partial charge in [-0.15, -0.1) is 0 Å². The van der Waals surface area contributed by atoms with Crippen LogP contribution in [0.15, 0.2) is 48.6 Å². The van der Waals surface area contributed by atoms with Crippen LogP contribution >= 0.6 is 0 Å². The topological polar surface area (TPSA) is 82.1 Å². The Balaban J connectivity index is 1.45. The smallest absolute Gasteiger partial charge is 0.335 e. The van der Waals surface area contributed by atoms with Crippen molar-refractivity contribution < 1.29 is 28.9 Å². The Morgan fingerprint density at radius 1 is 0.864 bits per heavy atom. The molecular weight excluding hydrogens is 552 g/mol. The zero-order chi connectivity index (χ0) is 31.7. The number of aliphatic hydroxyl groups excluding tert-OH is 1. The molecule has 2 saturated carbocycles. The molecule has 2 aliphatic carbocycles. The van der Waals surface area contributed by atoms with Crippen LogP contribution in [0.3, 0.4) is 0 Å². The molecule has 0 amide bonds. The van der Waals surface area contributed by atoms with E-state index in [9.17, 15) is 9.59 Å². The minimum Gasteiger partial charge on any atom is -0.462 e. The van der Waals surface area contributed by atoms with Crippen molar-refractivity contribution >= 4 is 11.9 Å². The summed E-state index contributed by atoms with van der Waals surface area (Å²) in [5.74, 6) is 2.31. The summed E-state index contributed by atoms with van der Waals surface area (Å²) in [7, 11) is 1.50. The first-order chi connectivity index (χ1) is 21.3. The summed E-state index contributed by atoms with van der Waals surface area (Å²) in [6.07, 6.45) is 18.4. The fourth-order valence-corrected chi connectivity index (χ4v) is 7.16. The van der Waals surface area contributed by atoms with Gasteiger partial charge in [0.2, 0.25) is 0 Å². The Hall–Kier alpha value is -2.44. The van der Waals surface area contributed by atoms with Crippen LogP contribution in [0.25, 0.3) is 0 Å². The van der Waals surface area contributed by atoms with Gasteiger partial charge in [0.05, 0.1) is 25.4 Å². The fourth-order valence-electron chi connectivity index (χ4n) is 7.16. The Bertz CT molecular complexity index is 980. The number of hydrogen-bond donors (Lipinski definition) is 1. The Labute approximate surface area is 266 Å². The highest BCUT2D eigenvalue weighted by Crippen LogP contribution is 2.44. The highest BCUT2D eigenvalue weighted by Gasteiger charge is 2.31. The lowest BCUT2D eigenvalue weighted by Gasteiger charge is -2.38. The molecule has 246 valence electrons. The first-order valence-corrected chi connectivity index (χ1v) is 17.2. The molecule has 44 heavy (non-hydrogen) atoms. The first-order valence-electron chi connectivity index (χ1n) is 17.2. The van der Waals surface area contributed by atoms with Crippen LogP contribution in [0.1, 0.15) is 114 Å². The van der Waals surface area contributed by atoms with Crippen LogP contribution < -0.4 is 0 Å². The molecule has 1 aromatic carbocycles. The number of esters is 2. The molecule has 0 heterocycles. The molecule has 1 N–H and O–H groups in total. The van der Waals surface area contributed by atoms with Gasteiger partial charge in [-0.05, 0) is 86.2 Å². The molecule has 0 saturated heterocycles. The molecule has 0 radical (unpaired) electrons. The summed E-state index contributed by atoms with van der Waals surface area (Å²) in [6, 6.07) is 9.04. The maximum absolute atomic E-state index is 12.2. The van der Waals surface area contributed by atoms with E-state index in [1.165, 1.54) is 95.3 Å². The van der Waals surface area contributed by atoms with E-state index in [-0.39, 0.29) is 49.9 Å². The second-order valence-electron chi connectivity index (χ2n) is 13.3. The SMILES string of the molecule is C=C(CCO)C(=O)OCC(CCc1ccc(C2CCC(C3CCC(CCCCC)CC3)CC2)cc1)COC(=O)C(=C)COC. The van der Waals surface area contributed by atoms with Gasteiger partial charge in [0.15, 0.2) is 0 Å². The largest absolute Gasteiger partial charge is 0.462 e. The minimum atomic E-state index is -0.534. The Kier molecular flexibility index (Phi) is 16.2. The number of carbonyl (C=O) groups is 2. The maximum Gasteiger partial charge on any atom is 0.335 e. The second-order valence-corrected chi connectivity index (χ2v) is 13.3. The number of aliphatic hydroxyl groups is 1. The lowest BCUT2D eigenvalue weighted by molar-refractivity contribution is -0.144. The van der Waals surface area contributed by atoms with Gasteiger partial charge in [-0.2, -0.15) is 0 Å². The van der Waals surface area contributed by atoms with Gasteiger partial charge in [-0.1, -0.05) is 82.9 Å². The molecule has 1 aromatic rings. The van der Waals surface area contributed by atoms with Gasteiger partial charge < -0.3 is 19.3 Å². The Morgan fingerprint density at radius 3 is 2.02 bits per heavy atom. The molecular formula is C38H58O6. The van der Waals surface area contributed by atoms with Crippen LogP contribution in [-0.4, -0.2) is 50.6 Å². The van der Waals surface area contributed by atoms with E-state index >= 15 is 0 Å². The lowest BCUT2D eigenvalue weighted by Crippen LogP contribution is -2.25. The number of carbonyl (C=O) groups excluding carboxylic acids is 2. The van der Waals surface area contributed by atoms with Crippen LogP contribution in [-0.2, 0) is 30.2 Å². The van der Waals surface area contributed by atoms with Crippen molar-refractivity contribution in [2.75, 3.05) is 33.5 Å². The zero-order valence-electron chi connectivity index (χ0n) is 27.5.